The van der Waals surface area contributed by atoms with Gasteiger partial charge in [-0.15, -0.1) is 0 Å². The molecule has 3 saturated heterocycles. The molecule has 3 amide bonds. The Hall–Kier alpha value is -2.21. The van der Waals surface area contributed by atoms with Crippen LogP contribution in [0.1, 0.15) is 24.8 Å². The zero-order valence-electron chi connectivity index (χ0n) is 13.5. The van der Waals surface area contributed by atoms with Crippen molar-refractivity contribution < 1.29 is 14.4 Å². The molecule has 1 aromatic rings. The largest absolute Gasteiger partial charge is 0.324 e. The fraction of sp³-hybridized carbons (Fsp3) is 0.500. The first kappa shape index (κ1) is 14.2. The van der Waals surface area contributed by atoms with Crippen LogP contribution in [0.2, 0.25) is 0 Å². The molecular formula is C18H19N3O3. The van der Waals surface area contributed by atoms with Gasteiger partial charge in [-0.25, -0.2) is 0 Å². The maximum Gasteiger partial charge on any atom is 0.250 e. The Labute approximate surface area is 139 Å². The van der Waals surface area contributed by atoms with Gasteiger partial charge in [0.2, 0.25) is 17.7 Å². The van der Waals surface area contributed by atoms with Crippen LogP contribution in [0, 0.1) is 11.8 Å². The first-order valence-electron chi connectivity index (χ1n) is 8.57. The summed E-state index contributed by atoms with van der Waals surface area (Å²) < 4.78 is 0. The molecule has 4 atom stereocenters. The van der Waals surface area contributed by atoms with Crippen molar-refractivity contribution in [1.82, 2.24) is 9.80 Å². The molecule has 4 aliphatic rings. The number of anilines is 1. The molecule has 0 aliphatic carbocycles. The van der Waals surface area contributed by atoms with E-state index < -0.39 is 17.4 Å². The number of amides is 3. The lowest BCUT2D eigenvalue weighted by Gasteiger charge is -2.41. The van der Waals surface area contributed by atoms with E-state index in [1.54, 1.807) is 7.05 Å². The van der Waals surface area contributed by atoms with Gasteiger partial charge >= 0.3 is 0 Å². The summed E-state index contributed by atoms with van der Waals surface area (Å²) in [5, 5.41) is 2.96. The van der Waals surface area contributed by atoms with E-state index in [1.165, 1.54) is 4.90 Å². The molecule has 0 aromatic heterocycles. The Morgan fingerprint density at radius 3 is 2.75 bits per heavy atom. The molecule has 124 valence electrons. The summed E-state index contributed by atoms with van der Waals surface area (Å²) in [5.41, 5.74) is 0.595. The minimum Gasteiger partial charge on any atom is -0.324 e. The average molecular weight is 325 g/mol. The van der Waals surface area contributed by atoms with Crippen LogP contribution in [0.4, 0.5) is 5.69 Å². The zero-order chi connectivity index (χ0) is 16.6. The van der Waals surface area contributed by atoms with Crippen LogP contribution >= 0.6 is 0 Å². The highest BCUT2D eigenvalue weighted by Crippen LogP contribution is 2.59. The van der Waals surface area contributed by atoms with Crippen LogP contribution in [-0.4, -0.2) is 47.2 Å². The molecule has 0 saturated carbocycles. The smallest absolute Gasteiger partial charge is 0.250 e. The molecule has 0 unspecified atom stereocenters. The van der Waals surface area contributed by atoms with Crippen molar-refractivity contribution in [2.45, 2.75) is 30.8 Å². The zero-order valence-corrected chi connectivity index (χ0v) is 13.5. The summed E-state index contributed by atoms with van der Waals surface area (Å²) in [6.45, 7) is 0.754. The minimum atomic E-state index is -1.02. The van der Waals surface area contributed by atoms with Gasteiger partial charge in [-0.3, -0.25) is 24.2 Å². The van der Waals surface area contributed by atoms with E-state index >= 15 is 0 Å². The SMILES string of the molecule is CN1C(=O)[C@H]2[C@@H]3CCCCN3[C@@]3(C(=O)Nc4ccccc43)[C@H]2C1=O. The van der Waals surface area contributed by atoms with Crippen LogP contribution in [0.5, 0.6) is 0 Å². The van der Waals surface area contributed by atoms with Crippen molar-refractivity contribution in [3.05, 3.63) is 29.8 Å². The van der Waals surface area contributed by atoms with Crippen LogP contribution < -0.4 is 5.32 Å². The predicted octanol–water partition coefficient (Wildman–Crippen LogP) is 0.933. The summed E-state index contributed by atoms with van der Waals surface area (Å²) in [6.07, 6.45) is 2.89. The number of para-hydroxylation sites is 1. The van der Waals surface area contributed by atoms with Crippen molar-refractivity contribution >= 4 is 23.4 Å². The van der Waals surface area contributed by atoms with Gasteiger partial charge in [-0.05, 0) is 25.5 Å². The molecule has 4 heterocycles. The van der Waals surface area contributed by atoms with Crippen LogP contribution in [0.15, 0.2) is 24.3 Å². The first-order valence-corrected chi connectivity index (χ1v) is 8.57. The molecule has 0 bridgehead atoms. The number of nitrogens with one attached hydrogen (secondary N) is 1. The number of carbonyl (C=O) groups excluding carboxylic acids is 3. The quantitative estimate of drug-likeness (QED) is 0.721. The summed E-state index contributed by atoms with van der Waals surface area (Å²) >= 11 is 0. The summed E-state index contributed by atoms with van der Waals surface area (Å²) in [5.74, 6) is -1.51. The van der Waals surface area contributed by atoms with Crippen molar-refractivity contribution in [1.29, 1.82) is 0 Å². The average Bonchev–Trinajstić information content (AvgIpc) is 3.15. The van der Waals surface area contributed by atoms with E-state index in [0.29, 0.717) is 0 Å². The second kappa shape index (κ2) is 4.45. The number of imide groups is 1. The fourth-order valence-electron chi connectivity index (χ4n) is 5.47. The van der Waals surface area contributed by atoms with Crippen LogP contribution in [-0.2, 0) is 19.9 Å². The third-order valence-corrected chi connectivity index (χ3v) is 6.37. The Morgan fingerprint density at radius 1 is 1.12 bits per heavy atom. The highest BCUT2D eigenvalue weighted by molar-refractivity contribution is 6.15. The molecule has 3 fully saturated rings. The van der Waals surface area contributed by atoms with Crippen molar-refractivity contribution in [3.8, 4) is 0 Å². The van der Waals surface area contributed by atoms with Crippen LogP contribution in [0.25, 0.3) is 0 Å². The third-order valence-electron chi connectivity index (χ3n) is 6.37. The van der Waals surface area contributed by atoms with E-state index in [2.05, 4.69) is 10.2 Å². The number of carbonyl (C=O) groups is 3. The molecule has 6 heteroatoms. The lowest BCUT2D eigenvalue weighted by atomic mass is 9.76. The lowest BCUT2D eigenvalue weighted by molar-refractivity contribution is -0.145. The van der Waals surface area contributed by atoms with E-state index in [0.717, 1.165) is 37.1 Å². The molecule has 4 aliphatic heterocycles. The molecule has 5 rings (SSSR count). The van der Waals surface area contributed by atoms with Crippen molar-refractivity contribution in [2.75, 3.05) is 18.9 Å². The Balaban J connectivity index is 1.79. The number of rotatable bonds is 0. The molecule has 6 nitrogen and oxygen atoms in total. The number of hydrogen-bond acceptors (Lipinski definition) is 4. The Morgan fingerprint density at radius 2 is 1.92 bits per heavy atom. The van der Waals surface area contributed by atoms with Gasteiger partial charge in [-0.1, -0.05) is 24.6 Å². The van der Waals surface area contributed by atoms with Gasteiger partial charge in [0.1, 0.15) is 5.54 Å². The molecular weight excluding hydrogens is 306 g/mol. The second-order valence-electron chi connectivity index (χ2n) is 7.26. The highest BCUT2D eigenvalue weighted by Gasteiger charge is 2.73. The van der Waals surface area contributed by atoms with Crippen molar-refractivity contribution in [3.63, 3.8) is 0 Å². The Kier molecular flexibility index (Phi) is 2.62. The summed E-state index contributed by atoms with van der Waals surface area (Å²) in [4.78, 5) is 42.3. The van der Waals surface area contributed by atoms with E-state index in [9.17, 15) is 14.4 Å². The van der Waals surface area contributed by atoms with Gasteiger partial charge in [0, 0.05) is 24.3 Å². The van der Waals surface area contributed by atoms with Gasteiger partial charge < -0.3 is 5.32 Å². The minimum absolute atomic E-state index is 0.0259. The van der Waals surface area contributed by atoms with Gasteiger partial charge in [-0.2, -0.15) is 0 Å². The molecule has 1 N–H and O–H groups in total. The fourth-order valence-corrected chi connectivity index (χ4v) is 5.47. The molecule has 1 aromatic carbocycles. The number of hydrogen-bond donors (Lipinski definition) is 1. The van der Waals surface area contributed by atoms with Gasteiger partial charge in [0.25, 0.3) is 0 Å². The monoisotopic (exact) mass is 325 g/mol. The number of likely N-dealkylation sites (tertiary alicyclic amines) is 1. The third kappa shape index (κ3) is 1.36. The number of nitrogens with zero attached hydrogens (tertiary/aromatic N) is 2. The van der Waals surface area contributed by atoms with E-state index in [1.807, 2.05) is 24.3 Å². The van der Waals surface area contributed by atoms with Gasteiger partial charge in [0.15, 0.2) is 0 Å². The van der Waals surface area contributed by atoms with E-state index in [4.69, 9.17) is 0 Å². The number of fused-ring (bicyclic) bond motifs is 7. The van der Waals surface area contributed by atoms with Crippen LogP contribution in [0.3, 0.4) is 0 Å². The van der Waals surface area contributed by atoms with Crippen molar-refractivity contribution in [2.24, 2.45) is 11.8 Å². The predicted molar refractivity (Wildman–Crippen MR) is 85.9 cm³/mol. The summed E-state index contributed by atoms with van der Waals surface area (Å²) in [7, 11) is 1.54. The summed E-state index contributed by atoms with van der Waals surface area (Å²) in [6, 6.07) is 7.56. The highest BCUT2D eigenvalue weighted by atomic mass is 16.2. The standard InChI is InChI=1S/C18H19N3O3/c1-20-15(22)13-12-8-4-5-9-21(12)18(14(13)16(20)23)10-6-2-3-7-11(10)19-17(18)24/h2-3,6-7,12-14H,4-5,8-9H2,1H3,(H,19,24)/t12-,13-,14+,18+/m0/s1. The first-order chi connectivity index (χ1) is 11.6. The molecule has 0 radical (unpaired) electrons. The Bertz CT molecular complexity index is 791. The normalized spacial score (nSPS) is 37.6. The maximum absolute atomic E-state index is 13.2. The number of piperidine rings is 1. The number of benzene rings is 1. The molecule has 24 heavy (non-hydrogen) atoms. The molecule has 1 spiro atoms. The lowest BCUT2D eigenvalue weighted by Crippen LogP contribution is -2.56. The van der Waals surface area contributed by atoms with Gasteiger partial charge in [0.05, 0.1) is 11.8 Å². The van der Waals surface area contributed by atoms with E-state index in [-0.39, 0.29) is 23.8 Å². The second-order valence-corrected chi connectivity index (χ2v) is 7.26. The maximum atomic E-state index is 13.2. The topological polar surface area (TPSA) is 69.7 Å².